The smallest absolute Gasteiger partial charge is 0.0751 e. The van der Waals surface area contributed by atoms with Crippen molar-refractivity contribution in [3.8, 4) is 0 Å². The summed E-state index contributed by atoms with van der Waals surface area (Å²) in [6.45, 7) is 18.7. The Balaban J connectivity index is 0.00000139. The van der Waals surface area contributed by atoms with E-state index in [0.717, 1.165) is 33.6 Å². The van der Waals surface area contributed by atoms with Gasteiger partial charge in [-0.05, 0) is 68.4 Å². The molecule has 0 aliphatic rings. The first kappa shape index (κ1) is 20.2. The molecular weight excluding hydrogens is 294 g/mol. The van der Waals surface area contributed by atoms with Crippen molar-refractivity contribution in [3.05, 3.63) is 57.6 Å². The van der Waals surface area contributed by atoms with E-state index in [-0.39, 0.29) is 0 Å². The average molecular weight is 328 g/mol. The Labute approximate surface area is 148 Å². The lowest BCUT2D eigenvalue weighted by molar-refractivity contribution is 0.299. The lowest BCUT2D eigenvalue weighted by Crippen LogP contribution is -2.16. The van der Waals surface area contributed by atoms with Crippen LogP contribution in [0.25, 0.3) is 0 Å². The van der Waals surface area contributed by atoms with Crippen LogP contribution < -0.4 is 5.06 Å². The SMILES string of the molecule is CC.Cc1cc(C)c(N(O)c2c(C)cc(C(C)C)cc2C)c(C)c1. The summed E-state index contributed by atoms with van der Waals surface area (Å²) in [5.41, 5.74) is 8.68. The van der Waals surface area contributed by atoms with Crippen LogP contribution in [-0.2, 0) is 0 Å². The van der Waals surface area contributed by atoms with Gasteiger partial charge in [0.15, 0.2) is 0 Å². The molecular formula is C22H33NO. The van der Waals surface area contributed by atoms with E-state index < -0.39 is 0 Å². The number of rotatable bonds is 3. The minimum atomic E-state index is 0.487. The fourth-order valence-corrected chi connectivity index (χ4v) is 3.28. The highest BCUT2D eigenvalue weighted by molar-refractivity contribution is 5.72. The molecule has 0 heterocycles. The fraction of sp³-hybridized carbons (Fsp3) is 0.455. The van der Waals surface area contributed by atoms with E-state index >= 15 is 0 Å². The molecule has 0 aliphatic heterocycles. The third kappa shape index (κ3) is 4.18. The topological polar surface area (TPSA) is 23.5 Å². The number of hydrogen-bond acceptors (Lipinski definition) is 2. The summed E-state index contributed by atoms with van der Waals surface area (Å²) >= 11 is 0. The molecule has 2 rings (SSSR count). The van der Waals surface area contributed by atoms with E-state index in [4.69, 9.17) is 0 Å². The van der Waals surface area contributed by atoms with Gasteiger partial charge < -0.3 is 0 Å². The van der Waals surface area contributed by atoms with E-state index in [1.807, 2.05) is 27.7 Å². The molecule has 0 fully saturated rings. The first-order valence-electron chi connectivity index (χ1n) is 8.90. The monoisotopic (exact) mass is 327 g/mol. The summed E-state index contributed by atoms with van der Waals surface area (Å²) in [6.07, 6.45) is 0. The molecule has 24 heavy (non-hydrogen) atoms. The molecule has 0 unspecified atom stereocenters. The van der Waals surface area contributed by atoms with Crippen molar-refractivity contribution < 1.29 is 5.21 Å². The second-order valence-electron chi connectivity index (χ2n) is 6.72. The highest BCUT2D eigenvalue weighted by Gasteiger charge is 2.18. The van der Waals surface area contributed by atoms with Gasteiger partial charge in [-0.2, -0.15) is 0 Å². The maximum Gasteiger partial charge on any atom is 0.0751 e. The Morgan fingerprint density at radius 2 is 1.04 bits per heavy atom. The molecule has 0 spiro atoms. The average Bonchev–Trinajstić information content (AvgIpc) is 2.47. The number of nitrogens with zero attached hydrogens (tertiary/aromatic N) is 1. The van der Waals surface area contributed by atoms with Gasteiger partial charge in [-0.25, -0.2) is 5.06 Å². The van der Waals surface area contributed by atoms with E-state index in [2.05, 4.69) is 58.9 Å². The number of hydrogen-bond donors (Lipinski definition) is 1. The number of anilines is 2. The minimum absolute atomic E-state index is 0.487. The summed E-state index contributed by atoms with van der Waals surface area (Å²) in [5.74, 6) is 0.487. The van der Waals surface area contributed by atoms with Crippen molar-refractivity contribution in [1.29, 1.82) is 0 Å². The minimum Gasteiger partial charge on any atom is -0.283 e. The highest BCUT2D eigenvalue weighted by Crippen LogP contribution is 2.36. The zero-order chi connectivity index (χ0) is 18.6. The standard InChI is InChI=1S/C20H27NO.C2H6/c1-12(2)18-10-16(6)20(17(7)11-18)21(22)19-14(4)8-13(3)9-15(19)5;1-2/h8-12,22H,1-7H3;1-2H3. The lowest BCUT2D eigenvalue weighted by atomic mass is 9.96. The van der Waals surface area contributed by atoms with Crippen LogP contribution in [0, 0.1) is 34.6 Å². The van der Waals surface area contributed by atoms with Crippen molar-refractivity contribution in [2.45, 2.75) is 68.2 Å². The first-order chi connectivity index (χ1) is 11.2. The molecule has 0 saturated carbocycles. The van der Waals surface area contributed by atoms with E-state index in [0.29, 0.717) is 5.92 Å². The molecule has 0 amide bonds. The zero-order valence-electron chi connectivity index (χ0n) is 16.8. The Kier molecular flexibility index (Phi) is 7.04. The van der Waals surface area contributed by atoms with Crippen molar-refractivity contribution in [2.75, 3.05) is 5.06 Å². The zero-order valence-corrected chi connectivity index (χ0v) is 16.8. The van der Waals surface area contributed by atoms with Crippen LogP contribution in [0.4, 0.5) is 11.4 Å². The first-order valence-corrected chi connectivity index (χ1v) is 8.90. The number of aryl methyl sites for hydroxylation is 5. The highest BCUT2D eigenvalue weighted by atomic mass is 16.5. The van der Waals surface area contributed by atoms with Crippen molar-refractivity contribution >= 4 is 11.4 Å². The van der Waals surface area contributed by atoms with Crippen LogP contribution in [0.3, 0.4) is 0 Å². The summed E-state index contributed by atoms with van der Waals surface area (Å²) in [6, 6.07) is 8.57. The third-order valence-corrected chi connectivity index (χ3v) is 4.24. The van der Waals surface area contributed by atoms with Crippen LogP contribution in [0.15, 0.2) is 24.3 Å². The van der Waals surface area contributed by atoms with Crippen molar-refractivity contribution in [1.82, 2.24) is 0 Å². The van der Waals surface area contributed by atoms with E-state index in [1.54, 1.807) is 0 Å². The van der Waals surface area contributed by atoms with E-state index in [9.17, 15) is 5.21 Å². The lowest BCUT2D eigenvalue weighted by Gasteiger charge is -2.26. The molecule has 0 atom stereocenters. The van der Waals surface area contributed by atoms with Crippen LogP contribution >= 0.6 is 0 Å². The maximum absolute atomic E-state index is 10.9. The number of benzene rings is 2. The van der Waals surface area contributed by atoms with Crippen LogP contribution in [0.2, 0.25) is 0 Å². The maximum atomic E-state index is 10.9. The summed E-state index contributed by atoms with van der Waals surface area (Å²) in [7, 11) is 0. The van der Waals surface area contributed by atoms with Gasteiger partial charge >= 0.3 is 0 Å². The Morgan fingerprint density at radius 3 is 1.38 bits per heavy atom. The van der Waals surface area contributed by atoms with Crippen LogP contribution in [0.1, 0.15) is 67.0 Å². The van der Waals surface area contributed by atoms with Crippen molar-refractivity contribution in [3.63, 3.8) is 0 Å². The molecule has 2 nitrogen and oxygen atoms in total. The van der Waals surface area contributed by atoms with Crippen LogP contribution in [-0.4, -0.2) is 5.21 Å². The van der Waals surface area contributed by atoms with Gasteiger partial charge in [-0.15, -0.1) is 0 Å². The van der Waals surface area contributed by atoms with Gasteiger partial charge in [-0.3, -0.25) is 5.21 Å². The van der Waals surface area contributed by atoms with Gasteiger partial charge in [-0.1, -0.05) is 57.5 Å². The largest absolute Gasteiger partial charge is 0.283 e. The Hall–Kier alpha value is -1.80. The Morgan fingerprint density at radius 1 is 0.708 bits per heavy atom. The summed E-state index contributed by atoms with van der Waals surface area (Å²) in [4.78, 5) is 0. The van der Waals surface area contributed by atoms with E-state index in [1.165, 1.54) is 16.2 Å². The molecule has 0 radical (unpaired) electrons. The predicted molar refractivity (Wildman–Crippen MR) is 106 cm³/mol. The normalized spacial score (nSPS) is 10.5. The fourth-order valence-electron chi connectivity index (χ4n) is 3.28. The van der Waals surface area contributed by atoms with Gasteiger partial charge in [0.1, 0.15) is 0 Å². The molecule has 132 valence electrons. The van der Waals surface area contributed by atoms with Gasteiger partial charge in [0, 0.05) is 0 Å². The second kappa shape index (κ2) is 8.34. The van der Waals surface area contributed by atoms with Gasteiger partial charge in [0.2, 0.25) is 0 Å². The molecule has 2 heteroatoms. The molecule has 0 aliphatic carbocycles. The molecule has 2 aromatic rings. The molecule has 0 bridgehead atoms. The van der Waals surface area contributed by atoms with Gasteiger partial charge in [0.25, 0.3) is 0 Å². The third-order valence-electron chi connectivity index (χ3n) is 4.24. The molecule has 1 N–H and O–H groups in total. The van der Waals surface area contributed by atoms with Gasteiger partial charge in [0.05, 0.1) is 11.4 Å². The Bertz CT molecular complexity index is 655. The molecule has 0 saturated heterocycles. The van der Waals surface area contributed by atoms with Crippen LogP contribution in [0.5, 0.6) is 0 Å². The van der Waals surface area contributed by atoms with Crippen molar-refractivity contribution in [2.24, 2.45) is 0 Å². The summed E-state index contributed by atoms with van der Waals surface area (Å²) < 4.78 is 0. The quantitative estimate of drug-likeness (QED) is 0.619. The second-order valence-corrected chi connectivity index (χ2v) is 6.72. The summed E-state index contributed by atoms with van der Waals surface area (Å²) in [5, 5.41) is 12.2. The molecule has 0 aromatic heterocycles. The predicted octanol–water partition coefficient (Wildman–Crippen LogP) is 6.91. The molecule has 2 aromatic carbocycles.